The molecule has 4 heterocycles. The van der Waals surface area contributed by atoms with Crippen LogP contribution in [-0.2, 0) is 10.0 Å². The number of pyridine rings is 1. The van der Waals surface area contributed by atoms with Crippen LogP contribution in [0, 0.1) is 6.92 Å². The fourth-order valence-corrected chi connectivity index (χ4v) is 4.29. The van der Waals surface area contributed by atoms with Crippen LogP contribution in [0.4, 0.5) is 0 Å². The Morgan fingerprint density at radius 3 is 2.83 bits per heavy atom. The minimum Gasteiger partial charge on any atom is -0.346 e. The minimum atomic E-state index is -3.10. The Morgan fingerprint density at radius 2 is 2.08 bits per heavy atom. The predicted molar refractivity (Wildman–Crippen MR) is 92.1 cm³/mol. The van der Waals surface area contributed by atoms with E-state index in [1.165, 1.54) is 4.31 Å². The van der Waals surface area contributed by atoms with Crippen molar-refractivity contribution >= 4 is 21.1 Å². The number of aromatic amines is 1. The van der Waals surface area contributed by atoms with Gasteiger partial charge in [0.25, 0.3) is 0 Å². The molecule has 0 atom stereocenters. The van der Waals surface area contributed by atoms with Crippen LogP contribution in [0.3, 0.4) is 0 Å². The van der Waals surface area contributed by atoms with Gasteiger partial charge < -0.3 is 4.98 Å². The molecule has 0 aromatic carbocycles. The smallest absolute Gasteiger partial charge is 0.213 e. The highest BCUT2D eigenvalue weighted by Gasteiger charge is 2.36. The van der Waals surface area contributed by atoms with Crippen LogP contribution >= 0.6 is 0 Å². The summed E-state index contributed by atoms with van der Waals surface area (Å²) in [5, 5.41) is 5.67. The van der Waals surface area contributed by atoms with Crippen molar-refractivity contribution in [2.75, 3.05) is 18.8 Å². The zero-order valence-corrected chi connectivity index (χ0v) is 14.4. The van der Waals surface area contributed by atoms with Gasteiger partial charge in [0, 0.05) is 42.6 Å². The van der Waals surface area contributed by atoms with E-state index in [1.54, 1.807) is 13.1 Å². The monoisotopic (exact) mass is 345 g/mol. The van der Waals surface area contributed by atoms with Gasteiger partial charge in [0.05, 0.1) is 17.5 Å². The first-order chi connectivity index (χ1) is 11.5. The second-order valence-corrected chi connectivity index (χ2v) is 8.34. The van der Waals surface area contributed by atoms with Crippen molar-refractivity contribution in [3.05, 3.63) is 36.4 Å². The highest BCUT2D eigenvalue weighted by atomic mass is 32.2. The quantitative estimate of drug-likeness (QED) is 0.783. The van der Waals surface area contributed by atoms with E-state index in [4.69, 9.17) is 0 Å². The molecule has 4 rings (SSSR count). The number of rotatable bonds is 4. The number of nitrogens with one attached hydrogen (secondary N) is 1. The Kier molecular flexibility index (Phi) is 3.47. The second-order valence-electron chi connectivity index (χ2n) is 6.08. The Labute approximate surface area is 140 Å². The summed E-state index contributed by atoms with van der Waals surface area (Å²) in [6.45, 7) is 4.63. The van der Waals surface area contributed by atoms with Gasteiger partial charge in [-0.15, -0.1) is 0 Å². The predicted octanol–water partition coefficient (Wildman–Crippen LogP) is 1.94. The normalized spacial score (nSPS) is 16.6. The average molecular weight is 345 g/mol. The van der Waals surface area contributed by atoms with Gasteiger partial charge in [-0.3, -0.25) is 4.68 Å². The van der Waals surface area contributed by atoms with Gasteiger partial charge in [0.1, 0.15) is 5.65 Å². The number of nitrogens with zero attached hydrogens (tertiary/aromatic N) is 4. The SMILES string of the molecule is CCS(=O)(=O)N1CC(n2cc(-c3ccnc4[nH]ccc34)c(C)n2)C1. The van der Waals surface area contributed by atoms with Gasteiger partial charge in [0.2, 0.25) is 10.0 Å². The zero-order chi connectivity index (χ0) is 16.9. The van der Waals surface area contributed by atoms with E-state index in [1.807, 2.05) is 36.1 Å². The molecular weight excluding hydrogens is 326 g/mol. The molecule has 1 N–H and O–H groups in total. The van der Waals surface area contributed by atoms with E-state index < -0.39 is 10.0 Å². The number of sulfonamides is 1. The third-order valence-corrected chi connectivity index (χ3v) is 6.44. The Bertz CT molecular complexity index is 999. The lowest BCUT2D eigenvalue weighted by Gasteiger charge is -2.37. The van der Waals surface area contributed by atoms with E-state index >= 15 is 0 Å². The van der Waals surface area contributed by atoms with Crippen LogP contribution in [0.5, 0.6) is 0 Å². The van der Waals surface area contributed by atoms with Crippen LogP contribution in [0.1, 0.15) is 18.7 Å². The fraction of sp³-hybridized carbons (Fsp3) is 0.375. The minimum absolute atomic E-state index is 0.0994. The topological polar surface area (TPSA) is 83.9 Å². The molecule has 0 bridgehead atoms. The molecule has 7 nitrogen and oxygen atoms in total. The van der Waals surface area contributed by atoms with Crippen LogP contribution in [0.15, 0.2) is 30.7 Å². The average Bonchev–Trinajstić information content (AvgIpc) is 3.12. The van der Waals surface area contributed by atoms with Gasteiger partial charge >= 0.3 is 0 Å². The van der Waals surface area contributed by atoms with E-state index in [9.17, 15) is 8.42 Å². The molecule has 8 heteroatoms. The van der Waals surface area contributed by atoms with Gasteiger partial charge in [-0.05, 0) is 31.5 Å². The van der Waals surface area contributed by atoms with Crippen molar-refractivity contribution in [2.45, 2.75) is 19.9 Å². The molecule has 0 amide bonds. The van der Waals surface area contributed by atoms with Crippen molar-refractivity contribution in [1.29, 1.82) is 0 Å². The molecule has 0 saturated carbocycles. The van der Waals surface area contributed by atoms with Crippen molar-refractivity contribution < 1.29 is 8.42 Å². The number of aryl methyl sites for hydroxylation is 1. The highest BCUT2D eigenvalue weighted by molar-refractivity contribution is 7.89. The molecule has 1 aliphatic rings. The molecule has 0 aliphatic carbocycles. The lowest BCUT2D eigenvalue weighted by Crippen LogP contribution is -2.51. The van der Waals surface area contributed by atoms with E-state index in [-0.39, 0.29) is 11.8 Å². The van der Waals surface area contributed by atoms with Gasteiger partial charge in [-0.1, -0.05) is 0 Å². The molecule has 3 aromatic rings. The maximum atomic E-state index is 11.9. The number of hydrogen-bond donors (Lipinski definition) is 1. The molecule has 0 spiro atoms. The molecular formula is C16H19N5O2S. The summed E-state index contributed by atoms with van der Waals surface area (Å²) < 4.78 is 27.1. The van der Waals surface area contributed by atoms with E-state index in [0.717, 1.165) is 27.9 Å². The zero-order valence-electron chi connectivity index (χ0n) is 13.6. The Morgan fingerprint density at radius 1 is 1.29 bits per heavy atom. The number of aromatic nitrogens is 4. The first kappa shape index (κ1) is 15.3. The standard InChI is InChI=1S/C16H19N5O2S/c1-3-24(22,23)20-8-12(9-20)21-10-15(11(2)19-21)13-4-6-17-16-14(13)5-7-18-16/h4-7,10,12H,3,8-9H2,1-2H3,(H,17,18). The van der Waals surface area contributed by atoms with Crippen molar-refractivity contribution in [1.82, 2.24) is 24.1 Å². The largest absolute Gasteiger partial charge is 0.346 e. The van der Waals surface area contributed by atoms with Gasteiger partial charge in [0.15, 0.2) is 0 Å². The van der Waals surface area contributed by atoms with Crippen LogP contribution in [0.25, 0.3) is 22.2 Å². The molecule has 24 heavy (non-hydrogen) atoms. The first-order valence-electron chi connectivity index (χ1n) is 7.95. The molecule has 0 unspecified atom stereocenters. The molecule has 126 valence electrons. The summed E-state index contributed by atoms with van der Waals surface area (Å²) >= 11 is 0. The van der Waals surface area contributed by atoms with E-state index in [2.05, 4.69) is 15.1 Å². The van der Waals surface area contributed by atoms with Gasteiger partial charge in [-0.25, -0.2) is 13.4 Å². The molecule has 1 saturated heterocycles. The lowest BCUT2D eigenvalue weighted by atomic mass is 10.1. The lowest BCUT2D eigenvalue weighted by molar-refractivity contribution is 0.191. The molecule has 3 aromatic heterocycles. The first-order valence-corrected chi connectivity index (χ1v) is 9.56. The van der Waals surface area contributed by atoms with E-state index in [0.29, 0.717) is 13.1 Å². The van der Waals surface area contributed by atoms with Crippen LogP contribution in [-0.4, -0.2) is 51.3 Å². The fourth-order valence-electron chi connectivity index (χ4n) is 3.12. The maximum Gasteiger partial charge on any atom is 0.213 e. The summed E-state index contributed by atoms with van der Waals surface area (Å²) in [6, 6.07) is 4.09. The maximum absolute atomic E-state index is 11.9. The summed E-state index contributed by atoms with van der Waals surface area (Å²) in [7, 11) is -3.10. The summed E-state index contributed by atoms with van der Waals surface area (Å²) in [4.78, 5) is 7.43. The summed E-state index contributed by atoms with van der Waals surface area (Å²) in [5.41, 5.74) is 3.92. The van der Waals surface area contributed by atoms with Crippen LogP contribution < -0.4 is 0 Å². The highest BCUT2D eigenvalue weighted by Crippen LogP contribution is 2.31. The number of fused-ring (bicyclic) bond motifs is 1. The Hall–Kier alpha value is -2.19. The molecule has 1 aliphatic heterocycles. The number of hydrogen-bond acceptors (Lipinski definition) is 4. The molecule has 0 radical (unpaired) electrons. The third kappa shape index (κ3) is 2.33. The third-order valence-electron chi connectivity index (χ3n) is 4.63. The van der Waals surface area contributed by atoms with Crippen molar-refractivity contribution in [3.63, 3.8) is 0 Å². The summed E-state index contributed by atoms with van der Waals surface area (Å²) in [5.74, 6) is 0.144. The van der Waals surface area contributed by atoms with Crippen LogP contribution in [0.2, 0.25) is 0 Å². The second kappa shape index (κ2) is 5.42. The van der Waals surface area contributed by atoms with Gasteiger partial charge in [-0.2, -0.15) is 9.40 Å². The molecule has 1 fully saturated rings. The van der Waals surface area contributed by atoms with Crippen molar-refractivity contribution in [3.8, 4) is 11.1 Å². The van der Waals surface area contributed by atoms with Crippen molar-refractivity contribution in [2.24, 2.45) is 0 Å². The Balaban J connectivity index is 1.64. The number of H-pyrrole nitrogens is 1. The summed E-state index contributed by atoms with van der Waals surface area (Å²) in [6.07, 6.45) is 5.67.